The Balaban J connectivity index is 1.13. The lowest BCUT2D eigenvalue weighted by Crippen LogP contribution is -2.10. The lowest BCUT2D eigenvalue weighted by atomic mass is 10.1. The van der Waals surface area contributed by atoms with Crippen LogP contribution in [0.5, 0.6) is 34.5 Å². The molecule has 0 aliphatic rings. The molecule has 14 nitrogen and oxygen atoms in total. The summed E-state index contributed by atoms with van der Waals surface area (Å²) in [6.07, 6.45) is 12.3. The van der Waals surface area contributed by atoms with Crippen molar-refractivity contribution < 1.29 is 57.4 Å². The number of hydrogen-bond acceptors (Lipinski definition) is 14. The van der Waals surface area contributed by atoms with E-state index < -0.39 is 17.9 Å². The van der Waals surface area contributed by atoms with Crippen molar-refractivity contribution in [1.82, 2.24) is 0 Å². The number of methoxy groups -OCH3 is 1. The number of unbranched alkanes of at least 4 members (excludes halogenated alkanes) is 6. The molecule has 62 heavy (non-hydrogen) atoms. The number of ether oxygens (including phenoxy) is 8. The van der Waals surface area contributed by atoms with Gasteiger partial charge in [-0.25, -0.2) is 14.4 Å². The van der Waals surface area contributed by atoms with E-state index in [9.17, 15) is 19.5 Å². The van der Waals surface area contributed by atoms with Crippen molar-refractivity contribution in [2.45, 2.75) is 58.0 Å². The largest absolute Gasteiger partial charge is 0.493 e. The standard InChI is InChI=1S/C48H54N2O12/c1-4-46(52)58-28-12-8-6-10-26-56-43-24-18-38(30-39(43)34-51)48(54)62-41-21-16-37(17-22-41)33-50-49-32-36-14-19-40(20-15-36)60-35-61-42-23-25-44(45(31-42)55-3)57-27-11-7-9-13-29-59-47(53)5-2/h4-5,14-25,30-33,51H,1-2,6-13,26-29,34-35H2,3H3/b49-32+,50-33+. The van der Waals surface area contributed by atoms with E-state index in [1.165, 1.54) is 0 Å². The number of esters is 3. The molecule has 0 bridgehead atoms. The summed E-state index contributed by atoms with van der Waals surface area (Å²) in [6, 6.07) is 24.2. The van der Waals surface area contributed by atoms with Crippen LogP contribution in [0.2, 0.25) is 0 Å². The Morgan fingerprint density at radius 1 is 0.565 bits per heavy atom. The van der Waals surface area contributed by atoms with Crippen molar-refractivity contribution in [2.75, 3.05) is 40.3 Å². The predicted molar refractivity (Wildman–Crippen MR) is 235 cm³/mol. The first kappa shape index (κ1) is 47.7. The fraction of sp³-hybridized carbons (Fsp3) is 0.312. The molecule has 4 rings (SSSR count). The number of benzene rings is 4. The van der Waals surface area contributed by atoms with E-state index in [-0.39, 0.29) is 19.0 Å². The molecule has 4 aromatic carbocycles. The highest BCUT2D eigenvalue weighted by atomic mass is 16.7. The topological polar surface area (TPSA) is 170 Å². The summed E-state index contributed by atoms with van der Waals surface area (Å²) in [6.45, 7) is 8.15. The molecule has 0 aliphatic carbocycles. The third-order valence-corrected chi connectivity index (χ3v) is 8.92. The number of nitrogens with zero attached hydrogens (tertiary/aromatic N) is 2. The van der Waals surface area contributed by atoms with Gasteiger partial charge >= 0.3 is 17.9 Å². The molecule has 328 valence electrons. The van der Waals surface area contributed by atoms with Crippen molar-refractivity contribution in [3.8, 4) is 34.5 Å². The second kappa shape index (κ2) is 27.8. The third kappa shape index (κ3) is 17.7. The van der Waals surface area contributed by atoms with Gasteiger partial charge in [0.25, 0.3) is 0 Å². The molecule has 4 aromatic rings. The average Bonchev–Trinajstić information content (AvgIpc) is 3.30. The summed E-state index contributed by atoms with van der Waals surface area (Å²) in [5, 5.41) is 18.1. The zero-order valence-corrected chi connectivity index (χ0v) is 35.0. The fourth-order valence-electron chi connectivity index (χ4n) is 5.57. The van der Waals surface area contributed by atoms with Gasteiger partial charge in [-0.15, -0.1) is 0 Å². The van der Waals surface area contributed by atoms with Gasteiger partial charge in [-0.1, -0.05) is 13.2 Å². The van der Waals surface area contributed by atoms with E-state index in [1.807, 2.05) is 12.1 Å². The highest BCUT2D eigenvalue weighted by Gasteiger charge is 2.13. The summed E-state index contributed by atoms with van der Waals surface area (Å²) in [5.41, 5.74) is 2.32. The Morgan fingerprint density at radius 3 is 1.61 bits per heavy atom. The molecule has 0 spiro atoms. The molecule has 0 aromatic heterocycles. The van der Waals surface area contributed by atoms with Gasteiger partial charge in [-0.2, -0.15) is 10.2 Å². The van der Waals surface area contributed by atoms with Crippen molar-refractivity contribution in [3.63, 3.8) is 0 Å². The van der Waals surface area contributed by atoms with E-state index in [1.54, 1.807) is 92.3 Å². The van der Waals surface area contributed by atoms with E-state index in [4.69, 9.17) is 37.9 Å². The number of rotatable bonds is 29. The molecular formula is C48H54N2O12. The van der Waals surface area contributed by atoms with Crippen LogP contribution in [-0.4, -0.2) is 75.8 Å². The molecular weight excluding hydrogens is 797 g/mol. The van der Waals surface area contributed by atoms with Gasteiger partial charge in [-0.05, 0) is 141 Å². The highest BCUT2D eigenvalue weighted by molar-refractivity contribution is 5.91. The SMILES string of the molecule is C=CC(=O)OCCCCCCOc1ccc(C(=O)Oc2ccc(/C=N/N=C/c3ccc(OCOc4ccc(OCCCCCCOC(=O)C=C)c(OC)c4)cc3)cc2)cc1CO. The molecule has 14 heteroatoms. The molecule has 0 amide bonds. The maximum absolute atomic E-state index is 12.9. The van der Waals surface area contributed by atoms with Crippen LogP contribution >= 0.6 is 0 Å². The lowest BCUT2D eigenvalue weighted by molar-refractivity contribution is -0.138. The molecule has 1 N–H and O–H groups in total. The van der Waals surface area contributed by atoms with E-state index in [2.05, 4.69) is 23.4 Å². The average molecular weight is 851 g/mol. The molecule has 0 radical (unpaired) electrons. The van der Waals surface area contributed by atoms with Crippen molar-refractivity contribution in [2.24, 2.45) is 10.2 Å². The second-order valence-electron chi connectivity index (χ2n) is 13.5. The van der Waals surface area contributed by atoms with E-state index >= 15 is 0 Å². The Hall–Kier alpha value is -6.93. The lowest BCUT2D eigenvalue weighted by Gasteiger charge is -2.13. The first-order valence-corrected chi connectivity index (χ1v) is 20.3. The highest BCUT2D eigenvalue weighted by Crippen LogP contribution is 2.32. The van der Waals surface area contributed by atoms with Gasteiger partial charge < -0.3 is 43.0 Å². The minimum absolute atomic E-state index is 0.0166. The number of aliphatic hydroxyl groups excluding tert-OH is 1. The van der Waals surface area contributed by atoms with Crippen LogP contribution in [0, 0.1) is 0 Å². The van der Waals surface area contributed by atoms with Crippen molar-refractivity contribution in [1.29, 1.82) is 0 Å². The second-order valence-corrected chi connectivity index (χ2v) is 13.5. The minimum Gasteiger partial charge on any atom is -0.493 e. The van der Waals surface area contributed by atoms with Crippen LogP contribution in [0.25, 0.3) is 0 Å². The zero-order valence-electron chi connectivity index (χ0n) is 35.0. The summed E-state index contributed by atoms with van der Waals surface area (Å²) in [7, 11) is 1.57. The summed E-state index contributed by atoms with van der Waals surface area (Å²) >= 11 is 0. The Bertz CT molecular complexity index is 2080. The van der Waals surface area contributed by atoms with Crippen molar-refractivity contribution in [3.05, 3.63) is 132 Å². The summed E-state index contributed by atoms with van der Waals surface area (Å²) in [5.74, 6) is 1.79. The van der Waals surface area contributed by atoms with Gasteiger partial charge in [-0.3, -0.25) is 0 Å². The zero-order chi connectivity index (χ0) is 44.2. The van der Waals surface area contributed by atoms with E-state index in [0.717, 1.165) is 74.6 Å². The number of aliphatic hydroxyl groups is 1. The number of hydrogen-bond donors (Lipinski definition) is 1. The van der Waals surface area contributed by atoms with Crippen molar-refractivity contribution >= 4 is 30.3 Å². The van der Waals surface area contributed by atoms with Crippen LogP contribution in [0.1, 0.15) is 78.4 Å². The van der Waals surface area contributed by atoms with Gasteiger partial charge in [0.05, 0.1) is 58.1 Å². The minimum atomic E-state index is -0.571. The van der Waals surface area contributed by atoms with Crippen LogP contribution in [-0.2, 0) is 25.7 Å². The maximum Gasteiger partial charge on any atom is 0.343 e. The summed E-state index contributed by atoms with van der Waals surface area (Å²) in [4.78, 5) is 35.0. The van der Waals surface area contributed by atoms with E-state index in [0.29, 0.717) is 66.5 Å². The Labute approximate surface area is 362 Å². The molecule has 0 heterocycles. The quantitative estimate of drug-likeness (QED) is 0.0105. The summed E-state index contributed by atoms with van der Waals surface area (Å²) < 4.78 is 44.2. The first-order valence-electron chi connectivity index (χ1n) is 20.3. The molecule has 0 saturated carbocycles. The third-order valence-electron chi connectivity index (χ3n) is 8.92. The molecule has 0 aliphatic heterocycles. The van der Waals surface area contributed by atoms with Gasteiger partial charge in [0.1, 0.15) is 23.0 Å². The van der Waals surface area contributed by atoms with Crippen LogP contribution in [0.4, 0.5) is 0 Å². The molecule has 0 fully saturated rings. The molecule has 0 unspecified atom stereocenters. The van der Waals surface area contributed by atoms with Crippen LogP contribution in [0.15, 0.2) is 120 Å². The van der Waals surface area contributed by atoms with Gasteiger partial charge in [0.15, 0.2) is 11.5 Å². The van der Waals surface area contributed by atoms with Crippen LogP contribution in [0.3, 0.4) is 0 Å². The normalized spacial score (nSPS) is 10.9. The Morgan fingerprint density at radius 2 is 1.06 bits per heavy atom. The fourth-order valence-corrected chi connectivity index (χ4v) is 5.57. The number of carbonyl (C=O) groups is 3. The van der Waals surface area contributed by atoms with Crippen LogP contribution < -0.4 is 28.4 Å². The molecule has 0 atom stereocenters. The molecule has 0 saturated heterocycles. The van der Waals surface area contributed by atoms with Gasteiger partial charge in [0.2, 0.25) is 6.79 Å². The Kier molecular flexibility index (Phi) is 21.4. The monoisotopic (exact) mass is 850 g/mol. The maximum atomic E-state index is 12.9. The van der Waals surface area contributed by atoms with Gasteiger partial charge in [0, 0.05) is 23.8 Å². The smallest absolute Gasteiger partial charge is 0.343 e. The first-order chi connectivity index (χ1) is 30.3. The predicted octanol–water partition coefficient (Wildman–Crippen LogP) is 8.61. The number of carbonyl (C=O) groups excluding carboxylic acids is 3.